The first kappa shape index (κ1) is 19.6. The molecule has 2 aromatic carbocycles. The monoisotopic (exact) mass is 404 g/mol. The molecule has 2 aromatic rings. The van der Waals surface area contributed by atoms with Crippen LogP contribution in [0.2, 0.25) is 5.02 Å². The Labute approximate surface area is 169 Å². The maximum absolute atomic E-state index is 15.3. The molecule has 4 heteroatoms. The van der Waals surface area contributed by atoms with Crippen molar-refractivity contribution in [1.82, 2.24) is 0 Å². The summed E-state index contributed by atoms with van der Waals surface area (Å²) >= 11 is 5.71. The number of benzene rings is 2. The quantitative estimate of drug-likeness (QED) is 0.455. The molecule has 0 N–H and O–H groups in total. The van der Waals surface area contributed by atoms with Gasteiger partial charge in [-0.1, -0.05) is 23.7 Å². The van der Waals surface area contributed by atoms with Gasteiger partial charge in [-0.2, -0.15) is 0 Å². The normalized spacial score (nSPS) is 23.8. The summed E-state index contributed by atoms with van der Waals surface area (Å²) in [5, 5.41) is -0.0569. The summed E-state index contributed by atoms with van der Waals surface area (Å²) in [7, 11) is 0. The molecule has 0 aliphatic heterocycles. The van der Waals surface area contributed by atoms with Crippen molar-refractivity contribution < 1.29 is 13.2 Å². The van der Waals surface area contributed by atoms with Crippen LogP contribution in [0.15, 0.2) is 36.9 Å². The lowest BCUT2D eigenvalue weighted by molar-refractivity contribution is 0.201. The van der Waals surface area contributed by atoms with Crippen molar-refractivity contribution >= 4 is 11.6 Å². The van der Waals surface area contributed by atoms with E-state index in [2.05, 4.69) is 6.58 Å². The van der Waals surface area contributed by atoms with Gasteiger partial charge in [0.2, 0.25) is 0 Å². The molecule has 3 atom stereocenters. The van der Waals surface area contributed by atoms with Gasteiger partial charge in [0.25, 0.3) is 0 Å². The molecule has 2 aliphatic carbocycles. The van der Waals surface area contributed by atoms with Crippen molar-refractivity contribution in [2.24, 2.45) is 11.8 Å². The molecule has 0 radical (unpaired) electrons. The third-order valence-electron chi connectivity index (χ3n) is 6.60. The number of hydrogen-bond acceptors (Lipinski definition) is 0. The third-order valence-corrected chi connectivity index (χ3v) is 6.90. The van der Waals surface area contributed by atoms with E-state index in [1.54, 1.807) is 0 Å². The van der Waals surface area contributed by atoms with Gasteiger partial charge in [0, 0.05) is 0 Å². The van der Waals surface area contributed by atoms with E-state index in [1.807, 2.05) is 6.08 Å². The van der Waals surface area contributed by atoms with Gasteiger partial charge in [-0.3, -0.25) is 0 Å². The smallest absolute Gasteiger partial charge is 0.142 e. The van der Waals surface area contributed by atoms with Crippen LogP contribution in [0.3, 0.4) is 0 Å². The second kappa shape index (κ2) is 7.94. The first-order valence-corrected chi connectivity index (χ1v) is 10.4. The first-order chi connectivity index (χ1) is 13.5. The van der Waals surface area contributed by atoms with Crippen LogP contribution in [-0.4, -0.2) is 0 Å². The van der Waals surface area contributed by atoms with Gasteiger partial charge in [0.15, 0.2) is 0 Å². The molecule has 0 amide bonds. The molecule has 1 saturated carbocycles. The summed E-state index contributed by atoms with van der Waals surface area (Å²) in [5.41, 5.74) is 1.48. The Morgan fingerprint density at radius 3 is 2.64 bits per heavy atom. The van der Waals surface area contributed by atoms with Crippen LogP contribution in [0.25, 0.3) is 11.1 Å². The van der Waals surface area contributed by atoms with E-state index in [9.17, 15) is 8.78 Å². The largest absolute Gasteiger partial charge is 0.206 e. The minimum Gasteiger partial charge on any atom is -0.206 e. The second-order valence-electron chi connectivity index (χ2n) is 8.19. The van der Waals surface area contributed by atoms with Gasteiger partial charge in [-0.05, 0) is 97.6 Å². The molecule has 28 heavy (non-hydrogen) atoms. The van der Waals surface area contributed by atoms with Crippen LogP contribution in [0.1, 0.15) is 55.6 Å². The zero-order valence-corrected chi connectivity index (χ0v) is 16.5. The van der Waals surface area contributed by atoms with Crippen molar-refractivity contribution in [3.8, 4) is 11.1 Å². The topological polar surface area (TPSA) is 0 Å². The number of halogens is 4. The highest BCUT2D eigenvalue weighted by atomic mass is 35.5. The summed E-state index contributed by atoms with van der Waals surface area (Å²) in [6.45, 7) is 3.80. The van der Waals surface area contributed by atoms with Crippen molar-refractivity contribution in [1.29, 1.82) is 0 Å². The molecule has 1 fully saturated rings. The van der Waals surface area contributed by atoms with Crippen LogP contribution in [0.5, 0.6) is 0 Å². The highest BCUT2D eigenvalue weighted by Crippen LogP contribution is 2.49. The van der Waals surface area contributed by atoms with Gasteiger partial charge in [-0.15, -0.1) is 6.58 Å². The van der Waals surface area contributed by atoms with E-state index in [0.29, 0.717) is 23.8 Å². The van der Waals surface area contributed by atoms with Crippen LogP contribution >= 0.6 is 11.6 Å². The molecule has 0 spiro atoms. The Morgan fingerprint density at radius 1 is 1.07 bits per heavy atom. The Kier molecular flexibility index (Phi) is 5.55. The zero-order chi connectivity index (χ0) is 19.8. The van der Waals surface area contributed by atoms with Crippen LogP contribution in [0, 0.1) is 29.3 Å². The Bertz CT molecular complexity index is 905. The highest BCUT2D eigenvalue weighted by Gasteiger charge is 2.37. The van der Waals surface area contributed by atoms with Crippen molar-refractivity contribution in [2.45, 2.75) is 50.9 Å². The van der Waals surface area contributed by atoms with Gasteiger partial charge < -0.3 is 0 Å². The maximum atomic E-state index is 15.3. The molecule has 0 saturated heterocycles. The van der Waals surface area contributed by atoms with Gasteiger partial charge >= 0.3 is 0 Å². The Balaban J connectivity index is 1.67. The first-order valence-electron chi connectivity index (χ1n) is 10.1. The summed E-state index contributed by atoms with van der Waals surface area (Å²) in [6, 6.07) is 5.41. The molecule has 0 heterocycles. The molecule has 0 aromatic heterocycles. The lowest BCUT2D eigenvalue weighted by Gasteiger charge is -2.41. The zero-order valence-electron chi connectivity index (χ0n) is 15.8. The Morgan fingerprint density at radius 2 is 1.89 bits per heavy atom. The minimum atomic E-state index is -0.673. The van der Waals surface area contributed by atoms with Gasteiger partial charge in [-0.25, -0.2) is 13.2 Å². The van der Waals surface area contributed by atoms with Crippen molar-refractivity contribution in [3.05, 3.63) is 70.5 Å². The number of fused-ring (bicyclic) bond motifs is 3. The standard InChI is InChI=1S/C24H24ClF3/c1-2-3-4-14-5-8-17-15(11-14)6-9-18-19(17)13-22(27)23(24(18)28)16-7-10-20(25)21(26)12-16/h2,7,10,12-15,17H,1,3-6,8-9,11H2. The summed E-state index contributed by atoms with van der Waals surface area (Å²) in [4.78, 5) is 0. The summed E-state index contributed by atoms with van der Waals surface area (Å²) in [6.07, 6.45) is 8.90. The molecule has 3 unspecified atom stereocenters. The lowest BCUT2D eigenvalue weighted by Crippen LogP contribution is -2.29. The summed E-state index contributed by atoms with van der Waals surface area (Å²) < 4.78 is 44.1. The number of allylic oxidation sites excluding steroid dienone is 1. The lowest BCUT2D eigenvalue weighted by atomic mass is 9.64. The fourth-order valence-electron chi connectivity index (χ4n) is 5.21. The molecule has 2 aliphatic rings. The van der Waals surface area contributed by atoms with Gasteiger partial charge in [0.05, 0.1) is 10.6 Å². The predicted octanol–water partition coefficient (Wildman–Crippen LogP) is 7.84. The van der Waals surface area contributed by atoms with E-state index in [4.69, 9.17) is 11.6 Å². The second-order valence-corrected chi connectivity index (χ2v) is 8.60. The molecular weight excluding hydrogens is 381 g/mol. The van der Waals surface area contributed by atoms with E-state index in [0.717, 1.165) is 50.2 Å². The Hall–Kier alpha value is -1.74. The van der Waals surface area contributed by atoms with E-state index >= 15 is 4.39 Å². The number of hydrogen-bond donors (Lipinski definition) is 0. The van der Waals surface area contributed by atoms with Crippen molar-refractivity contribution in [2.75, 3.05) is 0 Å². The third kappa shape index (κ3) is 3.50. The molecule has 0 nitrogen and oxygen atoms in total. The minimum absolute atomic E-state index is 0.0569. The van der Waals surface area contributed by atoms with E-state index < -0.39 is 17.5 Å². The molecule has 0 bridgehead atoms. The van der Waals surface area contributed by atoms with E-state index in [1.165, 1.54) is 18.2 Å². The fraction of sp³-hybridized carbons (Fsp3) is 0.417. The molecular formula is C24H24ClF3. The SMILES string of the molecule is C=CCCC1CCC2c3cc(F)c(-c4ccc(Cl)c(F)c4)c(F)c3CCC2C1. The van der Waals surface area contributed by atoms with Crippen LogP contribution in [-0.2, 0) is 6.42 Å². The fourth-order valence-corrected chi connectivity index (χ4v) is 5.33. The highest BCUT2D eigenvalue weighted by molar-refractivity contribution is 6.30. The van der Waals surface area contributed by atoms with E-state index in [-0.39, 0.29) is 22.1 Å². The average molecular weight is 405 g/mol. The average Bonchev–Trinajstić information content (AvgIpc) is 2.68. The van der Waals surface area contributed by atoms with Crippen LogP contribution in [0.4, 0.5) is 13.2 Å². The molecule has 4 rings (SSSR count). The maximum Gasteiger partial charge on any atom is 0.142 e. The number of rotatable bonds is 4. The van der Waals surface area contributed by atoms with Gasteiger partial charge in [0.1, 0.15) is 17.5 Å². The summed E-state index contributed by atoms with van der Waals surface area (Å²) in [5.74, 6) is -0.422. The predicted molar refractivity (Wildman–Crippen MR) is 108 cm³/mol. The molecule has 148 valence electrons. The van der Waals surface area contributed by atoms with Crippen LogP contribution < -0.4 is 0 Å². The van der Waals surface area contributed by atoms with Crippen molar-refractivity contribution in [3.63, 3.8) is 0 Å².